The highest BCUT2D eigenvalue weighted by molar-refractivity contribution is 7.72. The number of aliphatic hydroxyl groups is 2. The molecule has 0 aromatic carbocycles. The lowest BCUT2D eigenvalue weighted by molar-refractivity contribution is -0.0353. The number of ether oxygens (including phenoxy) is 2. The SMILES string of the molecule is C=P(C)(C)CC[C@H]1OC(n2cnc3c(OC)nc(C)nc32)C(O)[C@@H]1O. The molecule has 1 fully saturated rings. The van der Waals surface area contributed by atoms with Crippen molar-refractivity contribution in [3.63, 3.8) is 0 Å². The third-order valence-electron chi connectivity index (χ3n) is 4.32. The minimum absolute atomic E-state index is 0.370. The first-order chi connectivity index (χ1) is 11.7. The molecule has 138 valence electrons. The molecule has 2 N–H and O–H groups in total. The van der Waals surface area contributed by atoms with Crippen molar-refractivity contribution in [2.24, 2.45) is 0 Å². The molecule has 0 bridgehead atoms. The molecule has 4 atom stereocenters. The summed E-state index contributed by atoms with van der Waals surface area (Å²) in [5.41, 5.74) is 0.998. The Balaban J connectivity index is 1.90. The van der Waals surface area contributed by atoms with Gasteiger partial charge in [0.2, 0.25) is 5.88 Å². The summed E-state index contributed by atoms with van der Waals surface area (Å²) in [7, 11) is 1.52. The van der Waals surface area contributed by atoms with Gasteiger partial charge in [0.05, 0.1) is 19.5 Å². The number of aromatic nitrogens is 4. The number of aliphatic hydroxyl groups excluding tert-OH is 2. The molecule has 0 saturated carbocycles. The fraction of sp³-hybridized carbons (Fsp3) is 0.625. The standard InChI is InChI=1S/C16H25N4O4P/c1-9-18-14-11(15(19-9)23-2)17-8-20(14)16-13(22)12(21)10(24-16)6-7-25(3,4)5/h8,10,12-13,16,21-22H,3,6-7H2,1-2,4-5H3/t10-,12-,13?,16?/m1/s1. The minimum atomic E-state index is -1.23. The predicted octanol–water partition coefficient (Wildman–Crippen LogP) is 0.862. The average Bonchev–Trinajstić information content (AvgIpc) is 3.06. The summed E-state index contributed by atoms with van der Waals surface area (Å²) in [6.07, 6.45) is 4.03. The van der Waals surface area contributed by atoms with Crippen LogP contribution >= 0.6 is 6.89 Å². The number of hydrogen-bond donors (Lipinski definition) is 2. The molecule has 1 saturated heterocycles. The first kappa shape index (κ1) is 18.3. The van der Waals surface area contributed by atoms with E-state index in [1.54, 1.807) is 11.5 Å². The van der Waals surface area contributed by atoms with Gasteiger partial charge in [-0.3, -0.25) is 4.57 Å². The van der Waals surface area contributed by atoms with E-state index >= 15 is 0 Å². The zero-order valence-corrected chi connectivity index (χ0v) is 15.8. The summed E-state index contributed by atoms with van der Waals surface area (Å²) < 4.78 is 12.8. The Kier molecular flexibility index (Phi) is 4.90. The van der Waals surface area contributed by atoms with Crippen LogP contribution in [0.1, 0.15) is 18.5 Å². The number of nitrogens with zero attached hydrogens (tertiary/aromatic N) is 4. The third kappa shape index (κ3) is 3.58. The number of fused-ring (bicyclic) bond motifs is 1. The van der Waals surface area contributed by atoms with Crippen LogP contribution in [0.3, 0.4) is 0 Å². The summed E-state index contributed by atoms with van der Waals surface area (Å²) in [6.45, 7) is 4.80. The van der Waals surface area contributed by atoms with Crippen molar-refractivity contribution < 1.29 is 19.7 Å². The second-order valence-corrected chi connectivity index (χ2v) is 11.4. The highest BCUT2D eigenvalue weighted by Gasteiger charge is 2.44. The van der Waals surface area contributed by atoms with E-state index in [0.29, 0.717) is 29.3 Å². The Morgan fingerprint density at radius 1 is 1.32 bits per heavy atom. The maximum Gasteiger partial charge on any atom is 0.245 e. The molecular formula is C16H25N4O4P. The first-order valence-electron chi connectivity index (χ1n) is 8.15. The largest absolute Gasteiger partial charge is 0.479 e. The van der Waals surface area contributed by atoms with E-state index in [-0.39, 0.29) is 0 Å². The Bertz CT molecular complexity index is 818. The maximum atomic E-state index is 10.5. The van der Waals surface area contributed by atoms with Gasteiger partial charge in [-0.2, -0.15) is 4.98 Å². The lowest BCUT2D eigenvalue weighted by atomic mass is 10.1. The van der Waals surface area contributed by atoms with Gasteiger partial charge >= 0.3 is 0 Å². The van der Waals surface area contributed by atoms with Gasteiger partial charge < -0.3 is 19.7 Å². The molecule has 1 aliphatic rings. The lowest BCUT2D eigenvalue weighted by Crippen LogP contribution is -2.31. The van der Waals surface area contributed by atoms with Crippen LogP contribution in [-0.4, -0.2) is 80.9 Å². The monoisotopic (exact) mass is 368 g/mol. The quantitative estimate of drug-likeness (QED) is 0.755. The number of imidazole rings is 1. The predicted molar refractivity (Wildman–Crippen MR) is 97.9 cm³/mol. The van der Waals surface area contributed by atoms with Crippen LogP contribution in [0.2, 0.25) is 0 Å². The van der Waals surface area contributed by atoms with Gasteiger partial charge in [-0.25, -0.2) is 9.97 Å². The normalized spacial score (nSPS) is 27.1. The number of rotatable bonds is 5. The second kappa shape index (κ2) is 6.68. The molecule has 25 heavy (non-hydrogen) atoms. The second-order valence-electron chi connectivity index (χ2n) is 7.10. The van der Waals surface area contributed by atoms with Crippen LogP contribution in [0, 0.1) is 6.92 Å². The molecule has 2 aromatic rings. The Labute approximate surface area is 146 Å². The van der Waals surface area contributed by atoms with Gasteiger partial charge in [0.15, 0.2) is 17.4 Å². The number of hydrogen-bond acceptors (Lipinski definition) is 7. The van der Waals surface area contributed by atoms with Crippen molar-refractivity contribution >= 4 is 24.3 Å². The highest BCUT2D eigenvalue weighted by Crippen LogP contribution is 2.40. The third-order valence-corrected chi connectivity index (χ3v) is 5.79. The summed E-state index contributed by atoms with van der Waals surface area (Å²) in [4.78, 5) is 12.9. The molecule has 9 heteroatoms. The van der Waals surface area contributed by atoms with Crippen LogP contribution in [0.5, 0.6) is 5.88 Å². The topological polar surface area (TPSA) is 103 Å². The van der Waals surface area contributed by atoms with Crippen LogP contribution in [0.4, 0.5) is 0 Å². The molecule has 1 aliphatic heterocycles. The molecule has 8 nitrogen and oxygen atoms in total. The zero-order valence-electron chi connectivity index (χ0n) is 15.0. The molecule has 2 unspecified atom stereocenters. The average molecular weight is 368 g/mol. The van der Waals surface area contributed by atoms with Gasteiger partial charge in [-0.1, -0.05) is 0 Å². The van der Waals surface area contributed by atoms with Crippen LogP contribution in [0.25, 0.3) is 11.2 Å². The summed E-state index contributed by atoms with van der Waals surface area (Å²) in [6, 6.07) is 0. The van der Waals surface area contributed by atoms with Crippen molar-refractivity contribution in [3.05, 3.63) is 12.2 Å². The van der Waals surface area contributed by atoms with Gasteiger partial charge in [-0.05, 0) is 32.8 Å². The fourth-order valence-electron chi connectivity index (χ4n) is 3.00. The van der Waals surface area contributed by atoms with E-state index in [1.807, 2.05) is 0 Å². The van der Waals surface area contributed by atoms with Crippen molar-refractivity contribution in [1.82, 2.24) is 19.5 Å². The maximum absolute atomic E-state index is 10.5. The van der Waals surface area contributed by atoms with Crippen molar-refractivity contribution in [2.45, 2.75) is 37.9 Å². The molecule has 3 heterocycles. The fourth-order valence-corrected chi connectivity index (χ4v) is 3.95. The van der Waals surface area contributed by atoms with E-state index in [1.165, 1.54) is 13.4 Å². The Morgan fingerprint density at radius 3 is 2.68 bits per heavy atom. The molecule has 0 spiro atoms. The van der Waals surface area contributed by atoms with Crippen molar-refractivity contribution in [3.8, 4) is 5.88 Å². The molecular weight excluding hydrogens is 343 g/mol. The molecule has 0 radical (unpaired) electrons. The number of aryl methyl sites for hydroxylation is 1. The van der Waals surface area contributed by atoms with Gasteiger partial charge in [0, 0.05) is 0 Å². The van der Waals surface area contributed by atoms with Gasteiger partial charge in [0.25, 0.3) is 0 Å². The molecule has 2 aromatic heterocycles. The van der Waals surface area contributed by atoms with E-state index in [9.17, 15) is 10.2 Å². The Hall–Kier alpha value is -1.47. The van der Waals surface area contributed by atoms with Gasteiger partial charge in [0.1, 0.15) is 18.0 Å². The molecule has 0 amide bonds. The molecule has 3 rings (SSSR count). The van der Waals surface area contributed by atoms with Crippen LogP contribution in [0.15, 0.2) is 6.33 Å². The summed E-state index contributed by atoms with van der Waals surface area (Å²) >= 11 is 0. The first-order valence-corrected chi connectivity index (χ1v) is 11.2. The van der Waals surface area contributed by atoms with Crippen LogP contribution in [-0.2, 0) is 4.74 Å². The van der Waals surface area contributed by atoms with E-state index in [4.69, 9.17) is 9.47 Å². The van der Waals surface area contributed by atoms with E-state index < -0.39 is 31.4 Å². The minimum Gasteiger partial charge on any atom is -0.479 e. The molecule has 0 aliphatic carbocycles. The summed E-state index contributed by atoms with van der Waals surface area (Å²) in [5, 5.41) is 20.9. The number of methoxy groups -OCH3 is 1. The zero-order chi connectivity index (χ0) is 18.4. The van der Waals surface area contributed by atoms with E-state index in [0.717, 1.165) is 6.16 Å². The lowest BCUT2D eigenvalue weighted by Gasteiger charge is -2.18. The summed E-state index contributed by atoms with van der Waals surface area (Å²) in [5.74, 6) is 0.897. The van der Waals surface area contributed by atoms with Gasteiger partial charge in [-0.15, -0.1) is 13.2 Å². The highest BCUT2D eigenvalue weighted by atomic mass is 31.2. The van der Waals surface area contributed by atoms with Crippen LogP contribution < -0.4 is 4.74 Å². The van der Waals surface area contributed by atoms with Crippen molar-refractivity contribution in [1.29, 1.82) is 0 Å². The Morgan fingerprint density at radius 2 is 2.04 bits per heavy atom. The van der Waals surface area contributed by atoms with Crippen molar-refractivity contribution in [2.75, 3.05) is 26.6 Å². The smallest absolute Gasteiger partial charge is 0.245 e. The van der Waals surface area contributed by atoms with E-state index in [2.05, 4.69) is 34.6 Å².